The van der Waals surface area contributed by atoms with Crippen molar-refractivity contribution in [3.8, 4) is 0 Å². The summed E-state index contributed by atoms with van der Waals surface area (Å²) in [6.07, 6.45) is 0. The second-order valence-corrected chi connectivity index (χ2v) is 5.77. The molecule has 1 amide bonds. The van der Waals surface area contributed by atoms with E-state index >= 15 is 0 Å². The van der Waals surface area contributed by atoms with Gasteiger partial charge in [0.05, 0.1) is 13.2 Å². The van der Waals surface area contributed by atoms with E-state index in [1.165, 1.54) is 11.3 Å². The van der Waals surface area contributed by atoms with E-state index < -0.39 is 5.97 Å². The van der Waals surface area contributed by atoms with Crippen LogP contribution < -0.4 is 5.32 Å². The van der Waals surface area contributed by atoms with Gasteiger partial charge in [0.1, 0.15) is 4.88 Å². The molecule has 0 radical (unpaired) electrons. The summed E-state index contributed by atoms with van der Waals surface area (Å²) in [6.45, 7) is 3.68. The summed E-state index contributed by atoms with van der Waals surface area (Å²) in [4.78, 5) is 25.7. The van der Waals surface area contributed by atoms with Crippen molar-refractivity contribution in [1.29, 1.82) is 0 Å². The van der Waals surface area contributed by atoms with Crippen molar-refractivity contribution in [3.05, 3.63) is 21.4 Å². The van der Waals surface area contributed by atoms with Gasteiger partial charge in [0, 0.05) is 25.1 Å². The van der Waals surface area contributed by atoms with Crippen molar-refractivity contribution in [2.75, 3.05) is 33.9 Å². The van der Waals surface area contributed by atoms with Crippen LogP contribution in [-0.4, -0.2) is 55.7 Å². The van der Waals surface area contributed by atoms with Crippen molar-refractivity contribution in [3.63, 3.8) is 0 Å². The topological polar surface area (TPSA) is 78.9 Å². The Balaban J connectivity index is 2.47. The molecule has 0 aliphatic heterocycles. The predicted molar refractivity (Wildman–Crippen MR) is 77.2 cm³/mol. The molecule has 0 unspecified atom stereocenters. The molecule has 0 aliphatic rings. The lowest BCUT2D eigenvalue weighted by atomic mass is 10.2. The molecule has 0 fully saturated rings. The number of rotatable bonds is 8. The Kier molecular flexibility index (Phi) is 6.63. The van der Waals surface area contributed by atoms with Crippen molar-refractivity contribution in [2.45, 2.75) is 13.5 Å². The van der Waals surface area contributed by atoms with Crippen LogP contribution in [0.5, 0.6) is 0 Å². The zero-order valence-electron chi connectivity index (χ0n) is 11.9. The Hall–Kier alpha value is -1.44. The highest BCUT2D eigenvalue weighted by atomic mass is 32.1. The van der Waals surface area contributed by atoms with Crippen LogP contribution in [0.1, 0.15) is 20.1 Å². The molecule has 0 aliphatic carbocycles. The Morgan fingerprint density at radius 1 is 1.50 bits per heavy atom. The first-order valence-electron chi connectivity index (χ1n) is 6.20. The van der Waals surface area contributed by atoms with Crippen LogP contribution in [0.2, 0.25) is 0 Å². The van der Waals surface area contributed by atoms with Gasteiger partial charge in [0.25, 0.3) is 0 Å². The van der Waals surface area contributed by atoms with E-state index in [0.717, 1.165) is 10.4 Å². The average molecular weight is 300 g/mol. The molecular weight excluding hydrogens is 280 g/mol. The molecule has 0 saturated carbocycles. The lowest BCUT2D eigenvalue weighted by molar-refractivity contribution is -0.122. The number of carboxylic acid groups (broad SMARTS) is 1. The number of aromatic carboxylic acids is 1. The van der Waals surface area contributed by atoms with Crippen molar-refractivity contribution in [2.24, 2.45) is 0 Å². The number of aryl methyl sites for hydroxylation is 1. The number of carbonyl (C=O) groups is 2. The first-order chi connectivity index (χ1) is 9.43. The quantitative estimate of drug-likeness (QED) is 0.699. The maximum absolute atomic E-state index is 11.6. The van der Waals surface area contributed by atoms with Crippen LogP contribution in [0.4, 0.5) is 0 Å². The molecule has 1 heterocycles. The highest BCUT2D eigenvalue weighted by molar-refractivity contribution is 7.14. The van der Waals surface area contributed by atoms with Gasteiger partial charge in [0.2, 0.25) is 5.91 Å². The summed E-state index contributed by atoms with van der Waals surface area (Å²) in [7, 11) is 3.41. The zero-order valence-corrected chi connectivity index (χ0v) is 12.7. The van der Waals surface area contributed by atoms with E-state index in [9.17, 15) is 9.59 Å². The first-order valence-corrected chi connectivity index (χ1v) is 7.02. The molecule has 7 heteroatoms. The number of thiophene rings is 1. The van der Waals surface area contributed by atoms with E-state index in [2.05, 4.69) is 5.32 Å². The summed E-state index contributed by atoms with van der Waals surface area (Å²) in [6, 6.07) is 1.67. The van der Waals surface area contributed by atoms with Gasteiger partial charge in [-0.3, -0.25) is 9.69 Å². The predicted octanol–water partition coefficient (Wildman–Crippen LogP) is 0.949. The molecule has 20 heavy (non-hydrogen) atoms. The fourth-order valence-corrected chi connectivity index (χ4v) is 2.60. The van der Waals surface area contributed by atoms with E-state index in [1.807, 2.05) is 18.9 Å². The molecule has 0 atom stereocenters. The van der Waals surface area contributed by atoms with Gasteiger partial charge in [-0.05, 0) is 25.6 Å². The molecule has 1 aromatic rings. The molecular formula is C13H20N2O4S. The van der Waals surface area contributed by atoms with Crippen LogP contribution >= 0.6 is 11.3 Å². The molecule has 1 aromatic heterocycles. The summed E-state index contributed by atoms with van der Waals surface area (Å²) in [5, 5.41) is 11.7. The Morgan fingerprint density at radius 2 is 2.20 bits per heavy atom. The number of amides is 1. The number of hydrogen-bond acceptors (Lipinski definition) is 5. The first kappa shape index (κ1) is 16.6. The maximum Gasteiger partial charge on any atom is 0.345 e. The van der Waals surface area contributed by atoms with Crippen molar-refractivity contribution in [1.82, 2.24) is 10.2 Å². The minimum absolute atomic E-state index is 0.0732. The Bertz CT molecular complexity index is 473. The monoisotopic (exact) mass is 300 g/mol. The van der Waals surface area contributed by atoms with E-state index in [1.54, 1.807) is 13.2 Å². The van der Waals surface area contributed by atoms with E-state index in [0.29, 0.717) is 24.6 Å². The van der Waals surface area contributed by atoms with Gasteiger partial charge < -0.3 is 15.2 Å². The van der Waals surface area contributed by atoms with Crippen LogP contribution in [0.15, 0.2) is 6.07 Å². The van der Waals surface area contributed by atoms with Gasteiger partial charge in [-0.25, -0.2) is 4.79 Å². The number of carboxylic acids is 1. The Labute approximate surface area is 122 Å². The average Bonchev–Trinajstić information content (AvgIpc) is 2.71. The van der Waals surface area contributed by atoms with E-state index in [-0.39, 0.29) is 12.5 Å². The van der Waals surface area contributed by atoms with Gasteiger partial charge >= 0.3 is 5.97 Å². The summed E-state index contributed by atoms with van der Waals surface area (Å²) >= 11 is 1.26. The third kappa shape index (κ3) is 5.28. The summed E-state index contributed by atoms with van der Waals surface area (Å²) < 4.78 is 4.85. The third-order valence-electron chi connectivity index (χ3n) is 2.71. The fourth-order valence-electron chi connectivity index (χ4n) is 1.72. The van der Waals surface area contributed by atoms with E-state index in [4.69, 9.17) is 9.84 Å². The van der Waals surface area contributed by atoms with Crippen LogP contribution in [0.25, 0.3) is 0 Å². The molecule has 0 saturated heterocycles. The SMILES string of the molecule is COCCNC(=O)CN(C)Cc1cc(C(=O)O)sc1C. The summed E-state index contributed by atoms with van der Waals surface area (Å²) in [5.74, 6) is -0.986. The Morgan fingerprint density at radius 3 is 2.75 bits per heavy atom. The number of nitrogens with zero attached hydrogens (tertiary/aromatic N) is 1. The molecule has 2 N–H and O–H groups in total. The summed E-state index contributed by atoms with van der Waals surface area (Å²) in [5.41, 5.74) is 0.944. The zero-order chi connectivity index (χ0) is 15.1. The third-order valence-corrected chi connectivity index (χ3v) is 3.79. The lowest BCUT2D eigenvalue weighted by Crippen LogP contribution is -2.36. The minimum atomic E-state index is -0.913. The van der Waals surface area contributed by atoms with Gasteiger partial charge in [-0.1, -0.05) is 0 Å². The van der Waals surface area contributed by atoms with Gasteiger partial charge in [-0.15, -0.1) is 11.3 Å². The number of hydrogen-bond donors (Lipinski definition) is 2. The number of carbonyl (C=O) groups excluding carboxylic acids is 1. The van der Waals surface area contributed by atoms with Crippen LogP contribution in [-0.2, 0) is 16.1 Å². The van der Waals surface area contributed by atoms with Crippen molar-refractivity contribution < 1.29 is 19.4 Å². The minimum Gasteiger partial charge on any atom is -0.477 e. The molecule has 112 valence electrons. The molecule has 6 nitrogen and oxygen atoms in total. The van der Waals surface area contributed by atoms with Crippen molar-refractivity contribution >= 4 is 23.2 Å². The highest BCUT2D eigenvalue weighted by Gasteiger charge is 2.13. The molecule has 0 aromatic carbocycles. The largest absolute Gasteiger partial charge is 0.477 e. The number of ether oxygens (including phenoxy) is 1. The fraction of sp³-hybridized carbons (Fsp3) is 0.538. The molecule has 1 rings (SSSR count). The highest BCUT2D eigenvalue weighted by Crippen LogP contribution is 2.22. The normalized spacial score (nSPS) is 10.8. The van der Waals surface area contributed by atoms with Crippen LogP contribution in [0, 0.1) is 6.92 Å². The number of methoxy groups -OCH3 is 1. The molecule has 0 spiro atoms. The number of likely N-dealkylation sites (N-methyl/N-ethyl adjacent to an activating group) is 1. The second-order valence-electron chi connectivity index (χ2n) is 4.51. The van der Waals surface area contributed by atoms with Crippen LogP contribution in [0.3, 0.4) is 0 Å². The molecule has 0 bridgehead atoms. The standard InChI is InChI=1S/C13H20N2O4S/c1-9-10(6-11(20-9)13(17)18)7-15(2)8-12(16)14-4-5-19-3/h6H,4-5,7-8H2,1-3H3,(H,14,16)(H,17,18). The van der Waals surface area contributed by atoms with Gasteiger partial charge in [-0.2, -0.15) is 0 Å². The van der Waals surface area contributed by atoms with Gasteiger partial charge in [0.15, 0.2) is 0 Å². The second kappa shape index (κ2) is 7.98. The lowest BCUT2D eigenvalue weighted by Gasteiger charge is -2.16. The smallest absolute Gasteiger partial charge is 0.345 e. The maximum atomic E-state index is 11.6. The number of nitrogens with one attached hydrogen (secondary N) is 1.